The van der Waals surface area contributed by atoms with Gasteiger partial charge < -0.3 is 20.1 Å². The molecule has 3 heterocycles. The fourth-order valence-corrected chi connectivity index (χ4v) is 3.28. The number of carboxylic acids is 1. The van der Waals surface area contributed by atoms with Crippen LogP contribution in [0.1, 0.15) is 32.6 Å². The molecule has 2 atom stereocenters. The lowest BCUT2D eigenvalue weighted by atomic mass is 9.90. The van der Waals surface area contributed by atoms with Gasteiger partial charge >= 0.3 is 12.1 Å². The Labute approximate surface area is 160 Å². The predicted octanol–water partition coefficient (Wildman–Crippen LogP) is 2.08. The number of carboxylic acid groups (broad SMARTS) is 1. The summed E-state index contributed by atoms with van der Waals surface area (Å²) in [6.07, 6.45) is 2.71. The minimum atomic E-state index is -5.08. The Morgan fingerprint density at radius 2 is 2.00 bits per heavy atom. The molecule has 1 aromatic rings. The number of hydrogen-bond acceptors (Lipinski definition) is 6. The van der Waals surface area contributed by atoms with Crippen molar-refractivity contribution < 1.29 is 32.6 Å². The molecule has 1 amide bonds. The molecular weight excluding hydrogens is 381 g/mol. The Morgan fingerprint density at radius 3 is 2.54 bits per heavy atom. The second kappa shape index (κ2) is 9.18. The van der Waals surface area contributed by atoms with Crippen molar-refractivity contribution in [2.45, 2.75) is 50.5 Å². The molecule has 0 aliphatic carbocycles. The van der Waals surface area contributed by atoms with Crippen LogP contribution in [0.2, 0.25) is 0 Å². The molecule has 8 nitrogen and oxygen atoms in total. The van der Waals surface area contributed by atoms with E-state index in [-0.39, 0.29) is 17.6 Å². The minimum absolute atomic E-state index is 0.131. The normalized spacial score (nSPS) is 24.4. The summed E-state index contributed by atoms with van der Waals surface area (Å²) >= 11 is 0. The van der Waals surface area contributed by atoms with Crippen LogP contribution < -0.4 is 5.32 Å². The van der Waals surface area contributed by atoms with Gasteiger partial charge in [-0.3, -0.25) is 4.79 Å². The average Bonchev–Trinajstić information content (AvgIpc) is 3.04. The molecule has 28 heavy (non-hydrogen) atoms. The summed E-state index contributed by atoms with van der Waals surface area (Å²) in [6.45, 7) is 3.90. The number of nitrogens with one attached hydrogen (secondary N) is 1. The van der Waals surface area contributed by atoms with Gasteiger partial charge in [0.15, 0.2) is 0 Å². The Bertz CT molecular complexity index is 674. The monoisotopic (exact) mass is 404 g/mol. The number of carbonyl (C=O) groups excluding carboxylic acids is 1. The Morgan fingerprint density at radius 1 is 1.36 bits per heavy atom. The average molecular weight is 404 g/mol. The van der Waals surface area contributed by atoms with Crippen molar-refractivity contribution in [2.75, 3.05) is 25.0 Å². The number of amides is 1. The lowest BCUT2D eigenvalue weighted by Crippen LogP contribution is -2.45. The second-order valence-electron chi connectivity index (χ2n) is 6.76. The second-order valence-corrected chi connectivity index (χ2v) is 6.76. The van der Waals surface area contributed by atoms with Crippen molar-refractivity contribution in [2.24, 2.45) is 0 Å². The molecule has 2 saturated heterocycles. The maximum Gasteiger partial charge on any atom is 0.490 e. The SMILES string of the molecule is CC(=O)N1CC[C@]2(CCC[C@H](CNc3ncccn3)O2)C1.O=C(O)C(F)(F)F. The first-order valence-electron chi connectivity index (χ1n) is 8.86. The van der Waals surface area contributed by atoms with E-state index in [9.17, 15) is 18.0 Å². The van der Waals surface area contributed by atoms with E-state index in [0.29, 0.717) is 12.5 Å². The van der Waals surface area contributed by atoms with Crippen LogP contribution in [0.5, 0.6) is 0 Å². The third kappa shape index (κ3) is 6.32. The van der Waals surface area contributed by atoms with Crippen LogP contribution in [0.3, 0.4) is 0 Å². The van der Waals surface area contributed by atoms with E-state index in [1.807, 2.05) is 4.90 Å². The highest BCUT2D eigenvalue weighted by atomic mass is 19.4. The molecule has 0 unspecified atom stereocenters. The quantitative estimate of drug-likeness (QED) is 0.795. The maximum atomic E-state index is 11.5. The number of aromatic nitrogens is 2. The molecule has 11 heteroatoms. The highest BCUT2D eigenvalue weighted by molar-refractivity contribution is 5.73. The Hall–Kier alpha value is -2.43. The molecule has 0 saturated carbocycles. The summed E-state index contributed by atoms with van der Waals surface area (Å²) in [4.78, 5) is 30.6. The first-order chi connectivity index (χ1) is 13.1. The topological polar surface area (TPSA) is 105 Å². The smallest absolute Gasteiger partial charge is 0.475 e. The highest BCUT2D eigenvalue weighted by Crippen LogP contribution is 2.36. The van der Waals surface area contributed by atoms with Crippen LogP contribution in [0, 0.1) is 0 Å². The number of carbonyl (C=O) groups is 2. The zero-order valence-electron chi connectivity index (χ0n) is 15.4. The van der Waals surface area contributed by atoms with Gasteiger partial charge in [-0.05, 0) is 31.7 Å². The van der Waals surface area contributed by atoms with E-state index < -0.39 is 12.1 Å². The molecule has 1 aromatic heterocycles. The molecule has 0 bridgehead atoms. The zero-order chi connectivity index (χ0) is 20.8. The van der Waals surface area contributed by atoms with Crippen molar-refractivity contribution >= 4 is 17.8 Å². The van der Waals surface area contributed by atoms with Crippen LogP contribution in [-0.4, -0.2) is 69.4 Å². The molecule has 2 fully saturated rings. The summed E-state index contributed by atoms with van der Waals surface area (Å²) in [5.41, 5.74) is -0.131. The number of anilines is 1. The van der Waals surface area contributed by atoms with E-state index in [2.05, 4.69) is 15.3 Å². The third-order valence-electron chi connectivity index (χ3n) is 4.63. The fourth-order valence-electron chi connectivity index (χ4n) is 3.28. The zero-order valence-corrected chi connectivity index (χ0v) is 15.4. The molecule has 3 rings (SSSR count). The van der Waals surface area contributed by atoms with Gasteiger partial charge in [0.05, 0.1) is 11.7 Å². The number of aliphatic carboxylic acids is 1. The van der Waals surface area contributed by atoms with Gasteiger partial charge in [-0.2, -0.15) is 13.2 Å². The first kappa shape index (κ1) is 21.9. The van der Waals surface area contributed by atoms with Gasteiger partial charge in [0.25, 0.3) is 0 Å². The summed E-state index contributed by atoms with van der Waals surface area (Å²) in [5, 5.41) is 10.4. The van der Waals surface area contributed by atoms with Gasteiger partial charge in [-0.25, -0.2) is 14.8 Å². The molecule has 0 aromatic carbocycles. The number of halogens is 3. The molecule has 2 N–H and O–H groups in total. The number of alkyl halides is 3. The Kier molecular flexibility index (Phi) is 7.17. The van der Waals surface area contributed by atoms with Gasteiger partial charge in [0.2, 0.25) is 11.9 Å². The molecular formula is C17H23F3N4O4. The summed E-state index contributed by atoms with van der Waals surface area (Å²) < 4.78 is 38.1. The summed E-state index contributed by atoms with van der Waals surface area (Å²) in [6, 6.07) is 1.80. The summed E-state index contributed by atoms with van der Waals surface area (Å²) in [7, 11) is 0. The predicted molar refractivity (Wildman–Crippen MR) is 92.5 cm³/mol. The fraction of sp³-hybridized carbons (Fsp3) is 0.647. The van der Waals surface area contributed by atoms with E-state index >= 15 is 0 Å². The Balaban J connectivity index is 0.000000345. The van der Waals surface area contributed by atoms with Crippen molar-refractivity contribution in [1.29, 1.82) is 0 Å². The van der Waals surface area contributed by atoms with Crippen LogP contribution in [0.4, 0.5) is 19.1 Å². The van der Waals surface area contributed by atoms with Crippen molar-refractivity contribution in [3.05, 3.63) is 18.5 Å². The molecule has 0 radical (unpaired) electrons. The number of likely N-dealkylation sites (tertiary alicyclic amines) is 1. The number of nitrogens with zero attached hydrogens (tertiary/aromatic N) is 3. The van der Waals surface area contributed by atoms with E-state index in [4.69, 9.17) is 14.6 Å². The van der Waals surface area contributed by atoms with Crippen LogP contribution in [-0.2, 0) is 14.3 Å². The van der Waals surface area contributed by atoms with Crippen LogP contribution in [0.25, 0.3) is 0 Å². The third-order valence-corrected chi connectivity index (χ3v) is 4.63. The van der Waals surface area contributed by atoms with Crippen LogP contribution in [0.15, 0.2) is 18.5 Å². The van der Waals surface area contributed by atoms with E-state index in [1.165, 1.54) is 0 Å². The van der Waals surface area contributed by atoms with E-state index in [1.54, 1.807) is 25.4 Å². The number of ether oxygens (including phenoxy) is 1. The molecule has 2 aliphatic rings. The van der Waals surface area contributed by atoms with Gasteiger partial charge in [-0.1, -0.05) is 0 Å². The molecule has 156 valence electrons. The molecule has 1 spiro atoms. The van der Waals surface area contributed by atoms with Crippen molar-refractivity contribution in [1.82, 2.24) is 14.9 Å². The first-order valence-corrected chi connectivity index (χ1v) is 8.86. The number of rotatable bonds is 3. The lowest BCUT2D eigenvalue weighted by molar-refractivity contribution is -0.192. The standard InChI is InChI=1S/C15H22N4O2.C2HF3O2/c1-12(20)19-9-6-15(11-19)5-2-4-13(21-15)10-18-14-16-7-3-8-17-14;3-2(4,5)1(6)7/h3,7-8,13H,2,4-6,9-11H2,1H3,(H,16,17,18);(H,6,7)/t13-,15-;/m1./s1. The van der Waals surface area contributed by atoms with Crippen molar-refractivity contribution in [3.8, 4) is 0 Å². The van der Waals surface area contributed by atoms with Gasteiger partial charge in [0.1, 0.15) is 0 Å². The minimum Gasteiger partial charge on any atom is -0.475 e. The van der Waals surface area contributed by atoms with Crippen LogP contribution >= 0.6 is 0 Å². The van der Waals surface area contributed by atoms with E-state index in [0.717, 1.165) is 38.8 Å². The van der Waals surface area contributed by atoms with Gasteiger partial charge in [0, 0.05) is 39.0 Å². The number of hydrogen-bond donors (Lipinski definition) is 2. The summed E-state index contributed by atoms with van der Waals surface area (Å²) in [5.74, 6) is -1.97. The van der Waals surface area contributed by atoms with Gasteiger partial charge in [-0.15, -0.1) is 0 Å². The lowest BCUT2D eigenvalue weighted by Gasteiger charge is -2.38. The molecule has 2 aliphatic heterocycles. The largest absolute Gasteiger partial charge is 0.490 e. The highest BCUT2D eigenvalue weighted by Gasteiger charge is 2.43. The van der Waals surface area contributed by atoms with Crippen molar-refractivity contribution in [3.63, 3.8) is 0 Å². The maximum absolute atomic E-state index is 11.5.